The lowest BCUT2D eigenvalue weighted by Gasteiger charge is -2.25. The van der Waals surface area contributed by atoms with Crippen molar-refractivity contribution in [1.82, 2.24) is 25.2 Å². The zero-order chi connectivity index (χ0) is 16.0. The lowest BCUT2D eigenvalue weighted by molar-refractivity contribution is -0.119. The molecule has 2 amide bonds. The van der Waals surface area contributed by atoms with Gasteiger partial charge in [-0.1, -0.05) is 5.21 Å². The van der Waals surface area contributed by atoms with Crippen LogP contribution in [0.2, 0.25) is 0 Å². The minimum atomic E-state index is -0.0904. The van der Waals surface area contributed by atoms with Gasteiger partial charge >= 0.3 is 0 Å². The van der Waals surface area contributed by atoms with Crippen molar-refractivity contribution in [2.45, 2.75) is 50.2 Å². The van der Waals surface area contributed by atoms with Crippen LogP contribution in [0.25, 0.3) is 0 Å². The highest BCUT2D eigenvalue weighted by Gasteiger charge is 2.42. The molecule has 3 N–H and O–H groups in total. The first-order valence-corrected chi connectivity index (χ1v) is 8.36. The number of carbonyl (C=O) groups is 2. The second-order valence-electron chi connectivity index (χ2n) is 7.00. The molecule has 0 unspecified atom stereocenters. The van der Waals surface area contributed by atoms with Crippen LogP contribution in [0.4, 0.5) is 0 Å². The van der Waals surface area contributed by atoms with Crippen LogP contribution in [0, 0.1) is 5.92 Å². The van der Waals surface area contributed by atoms with Crippen molar-refractivity contribution in [1.29, 1.82) is 0 Å². The molecule has 1 aromatic heterocycles. The Balaban J connectivity index is 1.41. The zero-order valence-corrected chi connectivity index (χ0v) is 13.0. The number of rotatable bonds is 2. The van der Waals surface area contributed by atoms with Gasteiger partial charge in [-0.2, -0.15) is 0 Å². The molecule has 8 nitrogen and oxygen atoms in total. The van der Waals surface area contributed by atoms with Crippen LogP contribution in [-0.4, -0.2) is 56.9 Å². The Morgan fingerprint density at radius 2 is 2.04 bits per heavy atom. The molecule has 0 spiro atoms. The fraction of sp³-hybridized carbons (Fsp3) is 0.733. The van der Waals surface area contributed by atoms with Gasteiger partial charge in [-0.25, -0.2) is 4.68 Å². The van der Waals surface area contributed by atoms with Gasteiger partial charge in [0.05, 0.1) is 18.3 Å². The van der Waals surface area contributed by atoms with E-state index >= 15 is 0 Å². The molecule has 1 aromatic rings. The number of nitrogens with zero attached hydrogens (tertiary/aromatic N) is 4. The Kier molecular flexibility index (Phi) is 3.56. The summed E-state index contributed by atoms with van der Waals surface area (Å²) in [6.07, 6.45) is 6.22. The molecular formula is C15H22N6O2. The summed E-state index contributed by atoms with van der Waals surface area (Å²) in [6, 6.07) is 0.678. The third-order valence-electron chi connectivity index (χ3n) is 5.37. The van der Waals surface area contributed by atoms with E-state index in [1.807, 2.05) is 4.68 Å². The van der Waals surface area contributed by atoms with E-state index < -0.39 is 0 Å². The summed E-state index contributed by atoms with van der Waals surface area (Å²) in [6.45, 7) is 1.19. The summed E-state index contributed by atoms with van der Waals surface area (Å²) in [4.78, 5) is 25.7. The number of nitrogens with one attached hydrogen (secondary N) is 1. The van der Waals surface area contributed by atoms with Crippen LogP contribution in [0.3, 0.4) is 0 Å². The van der Waals surface area contributed by atoms with Gasteiger partial charge in [0.25, 0.3) is 5.91 Å². The molecule has 2 aliphatic heterocycles. The normalized spacial score (nSPS) is 33.6. The van der Waals surface area contributed by atoms with E-state index in [0.717, 1.165) is 25.7 Å². The number of likely N-dealkylation sites (tertiary alicyclic amines) is 1. The Hall–Kier alpha value is -1.96. The molecule has 124 valence electrons. The van der Waals surface area contributed by atoms with Gasteiger partial charge in [-0.3, -0.25) is 9.59 Å². The number of hydrogen-bond acceptors (Lipinski definition) is 5. The summed E-state index contributed by atoms with van der Waals surface area (Å²) >= 11 is 0. The Morgan fingerprint density at radius 3 is 2.78 bits per heavy atom. The van der Waals surface area contributed by atoms with E-state index in [9.17, 15) is 9.59 Å². The number of hydrogen-bond donors (Lipinski definition) is 2. The fourth-order valence-corrected chi connectivity index (χ4v) is 3.99. The number of nitrogens with two attached hydrogens (primary N) is 1. The lowest BCUT2D eigenvalue weighted by Crippen LogP contribution is -2.35. The van der Waals surface area contributed by atoms with Gasteiger partial charge in [0, 0.05) is 31.5 Å². The van der Waals surface area contributed by atoms with Gasteiger partial charge in [-0.15, -0.1) is 5.10 Å². The van der Waals surface area contributed by atoms with Crippen LogP contribution in [0.1, 0.15) is 48.6 Å². The van der Waals surface area contributed by atoms with Crippen LogP contribution >= 0.6 is 0 Å². The maximum Gasteiger partial charge on any atom is 0.276 e. The molecule has 3 aliphatic rings. The minimum absolute atomic E-state index is 0.0904. The predicted octanol–water partition coefficient (Wildman–Crippen LogP) is -0.319. The van der Waals surface area contributed by atoms with Crippen molar-refractivity contribution in [2.24, 2.45) is 11.7 Å². The van der Waals surface area contributed by atoms with Gasteiger partial charge in [0.2, 0.25) is 5.91 Å². The monoisotopic (exact) mass is 318 g/mol. The SMILES string of the molecule is NC1CCC(n2cc(C(=O)N3C[C@@H]4CC(=O)N[C@@H]4C3)nn2)CC1. The van der Waals surface area contributed by atoms with Crippen molar-refractivity contribution in [2.75, 3.05) is 13.1 Å². The smallest absolute Gasteiger partial charge is 0.276 e. The fourth-order valence-electron chi connectivity index (χ4n) is 3.99. The third-order valence-corrected chi connectivity index (χ3v) is 5.37. The highest BCUT2D eigenvalue weighted by molar-refractivity contribution is 5.92. The third kappa shape index (κ3) is 2.71. The maximum atomic E-state index is 12.6. The molecular weight excluding hydrogens is 296 g/mol. The van der Waals surface area contributed by atoms with Gasteiger partial charge in [0.1, 0.15) is 0 Å². The highest BCUT2D eigenvalue weighted by atomic mass is 16.2. The summed E-state index contributed by atoms with van der Waals surface area (Å²) in [5, 5.41) is 11.1. The molecule has 1 saturated carbocycles. The molecule has 3 heterocycles. The molecule has 2 atom stereocenters. The van der Waals surface area contributed by atoms with Crippen LogP contribution in [0.5, 0.6) is 0 Å². The second-order valence-corrected chi connectivity index (χ2v) is 7.00. The van der Waals surface area contributed by atoms with Crippen LogP contribution < -0.4 is 11.1 Å². The van der Waals surface area contributed by atoms with E-state index in [4.69, 9.17) is 5.73 Å². The Morgan fingerprint density at radius 1 is 1.26 bits per heavy atom. The lowest BCUT2D eigenvalue weighted by atomic mass is 9.92. The minimum Gasteiger partial charge on any atom is -0.351 e. The molecule has 4 rings (SSSR count). The van der Waals surface area contributed by atoms with Gasteiger partial charge in [-0.05, 0) is 25.7 Å². The summed E-state index contributed by atoms with van der Waals surface area (Å²) in [5.74, 6) is 0.238. The number of aromatic nitrogens is 3. The van der Waals surface area contributed by atoms with Crippen molar-refractivity contribution in [3.8, 4) is 0 Å². The number of carbonyl (C=O) groups excluding carboxylic acids is 2. The first-order chi connectivity index (χ1) is 11.1. The Bertz CT molecular complexity index is 605. The molecule has 2 saturated heterocycles. The molecule has 8 heteroatoms. The van der Waals surface area contributed by atoms with E-state index in [-0.39, 0.29) is 29.8 Å². The molecule has 0 radical (unpaired) electrons. The van der Waals surface area contributed by atoms with Crippen molar-refractivity contribution in [3.63, 3.8) is 0 Å². The topological polar surface area (TPSA) is 106 Å². The van der Waals surface area contributed by atoms with Crippen molar-refractivity contribution < 1.29 is 9.59 Å². The zero-order valence-electron chi connectivity index (χ0n) is 13.0. The predicted molar refractivity (Wildman–Crippen MR) is 81.4 cm³/mol. The summed E-state index contributed by atoms with van der Waals surface area (Å²) in [5.41, 5.74) is 6.32. The first-order valence-electron chi connectivity index (χ1n) is 8.36. The van der Waals surface area contributed by atoms with Crippen molar-refractivity contribution in [3.05, 3.63) is 11.9 Å². The maximum absolute atomic E-state index is 12.6. The van der Waals surface area contributed by atoms with E-state index in [2.05, 4.69) is 15.6 Å². The largest absolute Gasteiger partial charge is 0.351 e. The second kappa shape index (κ2) is 5.59. The molecule has 0 aromatic carbocycles. The van der Waals surface area contributed by atoms with Crippen molar-refractivity contribution >= 4 is 11.8 Å². The van der Waals surface area contributed by atoms with E-state index in [1.54, 1.807) is 11.1 Å². The number of fused-ring (bicyclic) bond motifs is 1. The first kappa shape index (κ1) is 14.6. The Labute approximate surface area is 134 Å². The highest BCUT2D eigenvalue weighted by Crippen LogP contribution is 2.28. The number of amides is 2. The van der Waals surface area contributed by atoms with E-state index in [1.165, 1.54) is 0 Å². The van der Waals surface area contributed by atoms with Crippen LogP contribution in [-0.2, 0) is 4.79 Å². The van der Waals surface area contributed by atoms with Gasteiger partial charge in [0.15, 0.2) is 5.69 Å². The van der Waals surface area contributed by atoms with Crippen LogP contribution in [0.15, 0.2) is 6.20 Å². The van der Waals surface area contributed by atoms with E-state index in [0.29, 0.717) is 31.2 Å². The molecule has 23 heavy (non-hydrogen) atoms. The summed E-state index contributed by atoms with van der Waals surface area (Å²) in [7, 11) is 0. The molecule has 3 fully saturated rings. The van der Waals surface area contributed by atoms with Gasteiger partial charge < -0.3 is 16.0 Å². The molecule has 1 aliphatic carbocycles. The standard InChI is InChI=1S/C15H22N6O2/c16-10-1-3-11(4-2-10)21-8-13(18-19-21)15(23)20-6-9-5-14(22)17-12(9)7-20/h8-12H,1-7,16H2,(H,17,22)/t9-,10?,11?,12+/m0/s1. The quantitative estimate of drug-likeness (QED) is 0.777. The average Bonchev–Trinajstić information content (AvgIpc) is 3.21. The molecule has 0 bridgehead atoms. The average molecular weight is 318 g/mol. The summed E-state index contributed by atoms with van der Waals surface area (Å²) < 4.78 is 1.82.